The molecule has 5 rings (SSSR count). The fourth-order valence-electron chi connectivity index (χ4n) is 4.00. The molecule has 0 bridgehead atoms. The molecule has 6 heteroatoms. The van der Waals surface area contributed by atoms with E-state index < -0.39 is 11.6 Å². The van der Waals surface area contributed by atoms with Crippen molar-refractivity contribution in [1.29, 1.82) is 0 Å². The van der Waals surface area contributed by atoms with Crippen molar-refractivity contribution in [3.8, 4) is 11.3 Å². The lowest BCUT2D eigenvalue weighted by Crippen LogP contribution is -2.55. The Kier molecular flexibility index (Phi) is 4.53. The average Bonchev–Trinajstić information content (AvgIpc) is 3.38. The van der Waals surface area contributed by atoms with Gasteiger partial charge in [0, 0.05) is 32.0 Å². The summed E-state index contributed by atoms with van der Waals surface area (Å²) in [6.07, 6.45) is 7.02. The molecule has 150 valence electrons. The molecule has 1 aliphatic rings. The molecule has 0 spiro atoms. The number of rotatable bonds is 4. The Morgan fingerprint density at radius 2 is 2.10 bits per heavy atom. The third kappa shape index (κ3) is 2.96. The Morgan fingerprint density at radius 1 is 1.23 bits per heavy atom. The summed E-state index contributed by atoms with van der Waals surface area (Å²) in [4.78, 5) is 13.1. The standard InChI is InChI=1S/C24H21N3O2S/c1-2-24(12-6-5-9-21(24)28)25-23(29)15-10-11-19-17(13-15)22(27-26-19)18-14-30-20-8-4-3-7-16(18)20/h3-14,21,28H,2H2,1H3,(H,25,29)(H,26,27)/t21?,24-/m0/s1. The number of hydrogen-bond acceptors (Lipinski definition) is 4. The number of H-pyrrole nitrogens is 1. The average molecular weight is 416 g/mol. The summed E-state index contributed by atoms with van der Waals surface area (Å²) in [5.41, 5.74) is 2.50. The van der Waals surface area contributed by atoms with Crippen LogP contribution in [-0.2, 0) is 0 Å². The third-order valence-electron chi connectivity index (χ3n) is 5.82. The minimum absolute atomic E-state index is 0.222. The number of aliphatic hydroxyl groups is 1. The van der Waals surface area contributed by atoms with Crippen LogP contribution in [0.4, 0.5) is 0 Å². The number of thiophene rings is 1. The molecule has 1 unspecified atom stereocenters. The summed E-state index contributed by atoms with van der Waals surface area (Å²) in [5, 5.41) is 25.3. The predicted octanol–water partition coefficient (Wildman–Crippen LogP) is 4.81. The van der Waals surface area contributed by atoms with Crippen LogP contribution in [0.3, 0.4) is 0 Å². The maximum absolute atomic E-state index is 13.1. The number of allylic oxidation sites excluding steroid dienone is 2. The largest absolute Gasteiger partial charge is 0.386 e. The van der Waals surface area contributed by atoms with Crippen LogP contribution in [0.5, 0.6) is 0 Å². The minimum Gasteiger partial charge on any atom is -0.386 e. The van der Waals surface area contributed by atoms with Gasteiger partial charge in [-0.3, -0.25) is 9.89 Å². The van der Waals surface area contributed by atoms with Crippen LogP contribution in [-0.4, -0.2) is 32.9 Å². The van der Waals surface area contributed by atoms with Crippen molar-refractivity contribution in [2.45, 2.75) is 25.0 Å². The van der Waals surface area contributed by atoms with Gasteiger partial charge in [-0.15, -0.1) is 11.3 Å². The third-order valence-corrected chi connectivity index (χ3v) is 6.78. The van der Waals surface area contributed by atoms with Crippen molar-refractivity contribution in [3.63, 3.8) is 0 Å². The Hall–Kier alpha value is -3.22. The second-order valence-corrected chi connectivity index (χ2v) is 8.43. The number of aromatic amines is 1. The van der Waals surface area contributed by atoms with Crippen molar-refractivity contribution in [2.75, 3.05) is 0 Å². The van der Waals surface area contributed by atoms with Gasteiger partial charge in [0.05, 0.1) is 17.2 Å². The highest BCUT2D eigenvalue weighted by molar-refractivity contribution is 7.17. The van der Waals surface area contributed by atoms with Crippen molar-refractivity contribution in [1.82, 2.24) is 15.5 Å². The maximum Gasteiger partial charge on any atom is 0.252 e. The second kappa shape index (κ2) is 7.23. The highest BCUT2D eigenvalue weighted by Crippen LogP contribution is 2.36. The summed E-state index contributed by atoms with van der Waals surface area (Å²) < 4.78 is 1.20. The van der Waals surface area contributed by atoms with Gasteiger partial charge in [-0.05, 0) is 30.7 Å². The van der Waals surface area contributed by atoms with Crippen LogP contribution in [0.15, 0.2) is 72.1 Å². The minimum atomic E-state index is -0.802. The number of hydrogen-bond donors (Lipinski definition) is 3. The molecule has 30 heavy (non-hydrogen) atoms. The number of nitrogens with zero attached hydrogens (tertiary/aromatic N) is 1. The van der Waals surface area contributed by atoms with E-state index in [9.17, 15) is 9.90 Å². The van der Waals surface area contributed by atoms with Crippen LogP contribution in [0.1, 0.15) is 23.7 Å². The molecule has 2 heterocycles. The van der Waals surface area contributed by atoms with Gasteiger partial charge in [-0.2, -0.15) is 5.10 Å². The van der Waals surface area contributed by atoms with E-state index >= 15 is 0 Å². The van der Waals surface area contributed by atoms with Crippen molar-refractivity contribution in [3.05, 3.63) is 77.7 Å². The topological polar surface area (TPSA) is 78.0 Å². The van der Waals surface area contributed by atoms with Gasteiger partial charge in [0.2, 0.25) is 0 Å². The first-order valence-electron chi connectivity index (χ1n) is 9.92. The van der Waals surface area contributed by atoms with Crippen LogP contribution in [0, 0.1) is 0 Å². The van der Waals surface area contributed by atoms with Gasteiger partial charge in [-0.1, -0.05) is 49.4 Å². The Bertz CT molecular complexity index is 1320. The van der Waals surface area contributed by atoms with Crippen LogP contribution in [0.2, 0.25) is 0 Å². The lowest BCUT2D eigenvalue weighted by atomic mass is 9.85. The molecule has 2 aromatic heterocycles. The number of amides is 1. The maximum atomic E-state index is 13.1. The molecule has 2 aromatic carbocycles. The van der Waals surface area contributed by atoms with E-state index in [-0.39, 0.29) is 5.91 Å². The van der Waals surface area contributed by atoms with E-state index in [4.69, 9.17) is 0 Å². The highest BCUT2D eigenvalue weighted by Gasteiger charge is 2.35. The van der Waals surface area contributed by atoms with E-state index in [2.05, 4.69) is 33.0 Å². The molecule has 0 saturated heterocycles. The van der Waals surface area contributed by atoms with E-state index in [0.717, 1.165) is 27.5 Å². The first-order valence-corrected chi connectivity index (χ1v) is 10.8. The molecule has 4 aromatic rings. The summed E-state index contributed by atoms with van der Waals surface area (Å²) in [6, 6.07) is 13.8. The summed E-state index contributed by atoms with van der Waals surface area (Å²) in [5.74, 6) is -0.222. The fourth-order valence-corrected chi connectivity index (χ4v) is 4.95. The molecule has 0 aliphatic heterocycles. The zero-order valence-corrected chi connectivity index (χ0v) is 17.2. The summed E-state index contributed by atoms with van der Waals surface area (Å²) in [7, 11) is 0. The molecule has 0 fully saturated rings. The monoisotopic (exact) mass is 415 g/mol. The van der Waals surface area contributed by atoms with Gasteiger partial charge in [-0.25, -0.2) is 0 Å². The Labute approximate surface area is 177 Å². The number of aliphatic hydroxyl groups excluding tert-OH is 1. The molecular weight excluding hydrogens is 394 g/mol. The van der Waals surface area contributed by atoms with Crippen molar-refractivity contribution >= 4 is 38.2 Å². The number of benzene rings is 2. The molecule has 3 N–H and O–H groups in total. The summed E-state index contributed by atoms with van der Waals surface area (Å²) >= 11 is 1.68. The van der Waals surface area contributed by atoms with Crippen LogP contribution in [0.25, 0.3) is 32.2 Å². The molecule has 2 atom stereocenters. The van der Waals surface area contributed by atoms with Gasteiger partial charge in [0.1, 0.15) is 5.69 Å². The second-order valence-electron chi connectivity index (χ2n) is 7.52. The van der Waals surface area contributed by atoms with Gasteiger partial charge < -0.3 is 10.4 Å². The lowest BCUT2D eigenvalue weighted by Gasteiger charge is -2.35. The molecule has 0 saturated carbocycles. The Balaban J connectivity index is 1.54. The van der Waals surface area contributed by atoms with E-state index in [0.29, 0.717) is 12.0 Å². The smallest absolute Gasteiger partial charge is 0.252 e. The lowest BCUT2D eigenvalue weighted by molar-refractivity contribution is 0.0789. The highest BCUT2D eigenvalue weighted by atomic mass is 32.1. The Morgan fingerprint density at radius 3 is 2.93 bits per heavy atom. The van der Waals surface area contributed by atoms with E-state index in [1.54, 1.807) is 29.6 Å². The number of fused-ring (bicyclic) bond motifs is 2. The van der Waals surface area contributed by atoms with Gasteiger partial charge in [0.25, 0.3) is 5.91 Å². The normalized spacial score (nSPS) is 20.8. The molecule has 5 nitrogen and oxygen atoms in total. The van der Waals surface area contributed by atoms with Crippen molar-refractivity contribution < 1.29 is 9.90 Å². The van der Waals surface area contributed by atoms with E-state index in [1.807, 2.05) is 43.3 Å². The molecule has 1 amide bonds. The zero-order valence-electron chi connectivity index (χ0n) is 16.4. The molecule has 1 aliphatic carbocycles. The van der Waals surface area contributed by atoms with Gasteiger partial charge >= 0.3 is 0 Å². The molecule has 0 radical (unpaired) electrons. The van der Waals surface area contributed by atoms with Crippen LogP contribution >= 0.6 is 11.3 Å². The first kappa shape index (κ1) is 18.8. The SMILES string of the molecule is CC[C@]1(NC(=O)c2ccc3[nH]nc(-c4csc5ccccc45)c3c2)C=CC=CC1O. The number of aromatic nitrogens is 2. The van der Waals surface area contributed by atoms with Crippen molar-refractivity contribution in [2.24, 2.45) is 0 Å². The van der Waals surface area contributed by atoms with E-state index in [1.165, 1.54) is 4.70 Å². The predicted molar refractivity (Wildman–Crippen MR) is 122 cm³/mol. The van der Waals surface area contributed by atoms with Crippen LogP contribution < -0.4 is 5.32 Å². The first-order chi connectivity index (χ1) is 14.6. The molecular formula is C24H21N3O2S. The zero-order chi connectivity index (χ0) is 20.7. The number of nitrogens with one attached hydrogen (secondary N) is 2. The fraction of sp³-hybridized carbons (Fsp3) is 0.167. The quantitative estimate of drug-likeness (QED) is 0.448. The number of carbonyl (C=O) groups excluding carboxylic acids is 1. The van der Waals surface area contributed by atoms with Gasteiger partial charge in [0.15, 0.2) is 0 Å². The number of carbonyl (C=O) groups is 1. The summed E-state index contributed by atoms with van der Waals surface area (Å²) in [6.45, 7) is 1.95.